The van der Waals surface area contributed by atoms with Gasteiger partial charge < -0.3 is 5.32 Å². The van der Waals surface area contributed by atoms with Gasteiger partial charge in [0.15, 0.2) is 0 Å². The van der Waals surface area contributed by atoms with Crippen LogP contribution in [0.3, 0.4) is 0 Å². The number of alkyl halides is 3. The van der Waals surface area contributed by atoms with Crippen molar-refractivity contribution in [1.82, 2.24) is 14.9 Å². The number of halogens is 3. The summed E-state index contributed by atoms with van der Waals surface area (Å²) in [4.78, 5) is 35.1. The lowest BCUT2D eigenvalue weighted by molar-refractivity contribution is -0.173. The monoisotopic (exact) mass is 289 g/mol. The topological polar surface area (TPSA) is 84.0 Å². The number of H-pyrrole nitrogens is 1. The predicted octanol–water partition coefficient (Wildman–Crippen LogP) is -0.414. The number of aromatic amines is 1. The van der Waals surface area contributed by atoms with E-state index in [-0.39, 0.29) is 5.56 Å². The van der Waals surface area contributed by atoms with Crippen molar-refractivity contribution in [3.63, 3.8) is 0 Å². The van der Waals surface area contributed by atoms with Gasteiger partial charge in [-0.1, -0.05) is 11.8 Å². The van der Waals surface area contributed by atoms with E-state index in [4.69, 9.17) is 0 Å². The molecule has 0 unspecified atom stereocenters. The van der Waals surface area contributed by atoms with Gasteiger partial charge >= 0.3 is 17.8 Å². The van der Waals surface area contributed by atoms with Crippen LogP contribution >= 0.6 is 0 Å². The molecule has 0 radical (unpaired) electrons. The Kier molecular flexibility index (Phi) is 4.74. The maximum atomic E-state index is 11.9. The molecule has 6 nitrogen and oxygen atoms in total. The Morgan fingerprint density at radius 3 is 2.65 bits per heavy atom. The van der Waals surface area contributed by atoms with Gasteiger partial charge in [-0.3, -0.25) is 19.1 Å². The van der Waals surface area contributed by atoms with Crippen LogP contribution in [-0.4, -0.2) is 28.2 Å². The van der Waals surface area contributed by atoms with Gasteiger partial charge in [-0.05, 0) is 6.92 Å². The van der Waals surface area contributed by atoms with E-state index in [2.05, 4.69) is 11.8 Å². The van der Waals surface area contributed by atoms with Crippen molar-refractivity contribution >= 4 is 5.91 Å². The summed E-state index contributed by atoms with van der Waals surface area (Å²) in [5.74, 6) is 2.37. The summed E-state index contributed by atoms with van der Waals surface area (Å²) in [7, 11) is 0. The summed E-state index contributed by atoms with van der Waals surface area (Å²) in [6.07, 6.45) is -3.78. The number of hydrogen-bond donors (Lipinski definition) is 2. The molecule has 2 N–H and O–H groups in total. The van der Waals surface area contributed by atoms with Crippen LogP contribution in [0.4, 0.5) is 13.2 Å². The van der Waals surface area contributed by atoms with E-state index in [1.54, 1.807) is 6.92 Å². The molecule has 0 spiro atoms. The second-order valence-electron chi connectivity index (χ2n) is 3.57. The molecule has 0 bridgehead atoms. The zero-order chi connectivity index (χ0) is 15.3. The average Bonchev–Trinajstić information content (AvgIpc) is 2.35. The number of nitrogens with one attached hydrogen (secondary N) is 2. The Morgan fingerprint density at radius 2 is 2.10 bits per heavy atom. The summed E-state index contributed by atoms with van der Waals surface area (Å²) in [5.41, 5.74) is -1.42. The number of rotatable bonds is 2. The van der Waals surface area contributed by atoms with E-state index < -0.39 is 29.9 Å². The van der Waals surface area contributed by atoms with Crippen molar-refractivity contribution in [2.75, 3.05) is 6.54 Å². The summed E-state index contributed by atoms with van der Waals surface area (Å²) in [6, 6.07) is 0. The number of carbonyl (C=O) groups excluding carboxylic acids is 1. The van der Waals surface area contributed by atoms with E-state index in [0.29, 0.717) is 6.54 Å². The third-order valence-corrected chi connectivity index (χ3v) is 2.17. The molecule has 0 aromatic carbocycles. The molecular formula is C11H10F3N3O3. The standard InChI is InChI=1S/C11H10F3N3O3/c1-2-17-6-7(8(18)16-10(17)20)4-3-5-15-9(19)11(12,13)14/h6H,2,5H2,1H3,(H,15,19)(H,16,18,20). The van der Waals surface area contributed by atoms with Gasteiger partial charge in [-0.15, -0.1) is 0 Å². The molecular weight excluding hydrogens is 279 g/mol. The summed E-state index contributed by atoms with van der Waals surface area (Å²) in [6.45, 7) is 1.40. The van der Waals surface area contributed by atoms with Crippen LogP contribution < -0.4 is 16.6 Å². The molecule has 1 aromatic heterocycles. The number of hydrogen-bond acceptors (Lipinski definition) is 3. The minimum Gasteiger partial charge on any atom is -0.337 e. The van der Waals surface area contributed by atoms with Crippen molar-refractivity contribution in [3.8, 4) is 11.8 Å². The van der Waals surface area contributed by atoms with E-state index in [9.17, 15) is 27.6 Å². The van der Waals surface area contributed by atoms with E-state index in [1.165, 1.54) is 16.1 Å². The molecule has 0 saturated heterocycles. The molecule has 0 fully saturated rings. The van der Waals surface area contributed by atoms with Gasteiger partial charge in [-0.2, -0.15) is 13.2 Å². The number of amides is 1. The van der Waals surface area contributed by atoms with Crippen molar-refractivity contribution < 1.29 is 18.0 Å². The van der Waals surface area contributed by atoms with E-state index in [1.807, 2.05) is 4.98 Å². The minimum atomic E-state index is -4.98. The van der Waals surface area contributed by atoms with Gasteiger partial charge in [0.25, 0.3) is 5.56 Å². The van der Waals surface area contributed by atoms with Crippen LogP contribution in [0.1, 0.15) is 12.5 Å². The molecule has 0 aliphatic carbocycles. The lowest BCUT2D eigenvalue weighted by atomic mass is 10.3. The van der Waals surface area contributed by atoms with Crippen LogP contribution in [0.25, 0.3) is 0 Å². The van der Waals surface area contributed by atoms with E-state index >= 15 is 0 Å². The second-order valence-corrected chi connectivity index (χ2v) is 3.57. The van der Waals surface area contributed by atoms with Gasteiger partial charge in [0, 0.05) is 12.7 Å². The molecule has 9 heteroatoms. The molecule has 1 aromatic rings. The van der Waals surface area contributed by atoms with Crippen molar-refractivity contribution in [1.29, 1.82) is 0 Å². The Labute approximate surface area is 110 Å². The molecule has 0 atom stereocenters. The first kappa shape index (κ1) is 15.6. The highest BCUT2D eigenvalue weighted by molar-refractivity contribution is 5.81. The van der Waals surface area contributed by atoms with Crippen LogP contribution in [0, 0.1) is 11.8 Å². The van der Waals surface area contributed by atoms with Gasteiger partial charge in [0.2, 0.25) is 0 Å². The molecule has 1 amide bonds. The smallest absolute Gasteiger partial charge is 0.337 e. The highest BCUT2D eigenvalue weighted by Crippen LogP contribution is 2.13. The number of aromatic nitrogens is 2. The molecule has 20 heavy (non-hydrogen) atoms. The molecule has 1 heterocycles. The first-order valence-electron chi connectivity index (χ1n) is 5.43. The number of carbonyl (C=O) groups is 1. The SMILES string of the molecule is CCn1cc(C#CCNC(=O)C(F)(F)F)c(=O)[nH]c1=O. The molecule has 1 rings (SSSR count). The normalized spacial score (nSPS) is 10.6. The Morgan fingerprint density at radius 1 is 1.45 bits per heavy atom. The zero-order valence-electron chi connectivity index (χ0n) is 10.3. The van der Waals surface area contributed by atoms with Gasteiger partial charge in [-0.25, -0.2) is 4.79 Å². The average molecular weight is 289 g/mol. The predicted molar refractivity (Wildman–Crippen MR) is 62.9 cm³/mol. The van der Waals surface area contributed by atoms with Crippen LogP contribution in [0.15, 0.2) is 15.8 Å². The molecule has 0 aliphatic rings. The second kappa shape index (κ2) is 6.10. The van der Waals surface area contributed by atoms with Crippen molar-refractivity contribution in [2.45, 2.75) is 19.6 Å². The molecule has 108 valence electrons. The minimum absolute atomic E-state index is 0.0762. The Bertz CT molecular complexity index is 676. The first-order chi connectivity index (χ1) is 9.25. The van der Waals surface area contributed by atoms with Gasteiger partial charge in [0.05, 0.1) is 6.54 Å². The third kappa shape index (κ3) is 4.01. The lowest BCUT2D eigenvalue weighted by Crippen LogP contribution is -2.36. The fourth-order valence-electron chi connectivity index (χ4n) is 1.20. The summed E-state index contributed by atoms with van der Waals surface area (Å²) in [5, 5.41) is 1.53. The quantitative estimate of drug-likeness (QED) is 0.726. The van der Waals surface area contributed by atoms with E-state index in [0.717, 1.165) is 0 Å². The first-order valence-corrected chi connectivity index (χ1v) is 5.43. The highest BCUT2D eigenvalue weighted by Gasteiger charge is 2.38. The zero-order valence-corrected chi connectivity index (χ0v) is 10.3. The highest BCUT2D eigenvalue weighted by atomic mass is 19.4. The maximum absolute atomic E-state index is 11.9. The largest absolute Gasteiger partial charge is 0.471 e. The fourth-order valence-corrected chi connectivity index (χ4v) is 1.20. The molecule has 0 saturated carbocycles. The number of aryl methyl sites for hydroxylation is 1. The number of nitrogens with zero attached hydrogens (tertiary/aromatic N) is 1. The fraction of sp³-hybridized carbons (Fsp3) is 0.364. The van der Waals surface area contributed by atoms with Crippen LogP contribution in [-0.2, 0) is 11.3 Å². The third-order valence-electron chi connectivity index (χ3n) is 2.17. The van der Waals surface area contributed by atoms with Crippen molar-refractivity contribution in [2.24, 2.45) is 0 Å². The Hall–Kier alpha value is -2.50. The Balaban J connectivity index is 2.81. The summed E-state index contributed by atoms with van der Waals surface area (Å²) < 4.78 is 36.7. The maximum Gasteiger partial charge on any atom is 0.471 e. The van der Waals surface area contributed by atoms with Gasteiger partial charge in [0.1, 0.15) is 5.56 Å². The summed E-state index contributed by atoms with van der Waals surface area (Å²) >= 11 is 0. The van der Waals surface area contributed by atoms with Crippen LogP contribution in [0.2, 0.25) is 0 Å². The van der Waals surface area contributed by atoms with Crippen molar-refractivity contribution in [3.05, 3.63) is 32.6 Å². The van der Waals surface area contributed by atoms with Crippen LogP contribution in [0.5, 0.6) is 0 Å². The lowest BCUT2D eigenvalue weighted by Gasteiger charge is -2.03. The molecule has 0 aliphatic heterocycles.